The Hall–Kier alpha value is -2.71. The number of amides is 2. The molecule has 2 aromatic heterocycles. The number of aromatic nitrogens is 4. The number of hydrogen-bond donors (Lipinski definition) is 3. The van der Waals surface area contributed by atoms with Crippen LogP contribution in [0, 0.1) is 0 Å². The topological polar surface area (TPSA) is 141 Å². The lowest BCUT2D eigenvalue weighted by Crippen LogP contribution is -2.70. The largest absolute Gasteiger partial charge is 0.477 e. The zero-order valence-corrected chi connectivity index (χ0v) is 23.2. The molecule has 2 amide bonds. The fourth-order valence-corrected chi connectivity index (χ4v) is 7.29. The molecule has 4 heterocycles. The molecular formula is C23H18Cl2N6O4S3. The zero-order valence-electron chi connectivity index (χ0n) is 19.3. The molecule has 38 heavy (non-hydrogen) atoms. The Morgan fingerprint density at radius 3 is 2.95 bits per heavy atom. The van der Waals surface area contributed by atoms with E-state index in [0.717, 1.165) is 10.4 Å². The molecule has 3 aromatic rings. The molecule has 1 aromatic carbocycles. The third-order valence-corrected chi connectivity index (χ3v) is 9.61. The van der Waals surface area contributed by atoms with Gasteiger partial charge in [0, 0.05) is 21.4 Å². The molecule has 5 rings (SSSR count). The number of rotatable bonds is 9. The van der Waals surface area contributed by atoms with Crippen LogP contribution < -0.4 is 5.32 Å². The summed E-state index contributed by atoms with van der Waals surface area (Å²) in [5.74, 6) is -1.06. The number of hydrogen-bond acceptors (Lipinski definition) is 9. The zero-order chi connectivity index (χ0) is 26.8. The number of H-pyrrole nitrogens is 1. The van der Waals surface area contributed by atoms with Gasteiger partial charge in [-0.1, -0.05) is 35.4 Å². The number of carbonyl (C=O) groups excluding carboxylic acids is 2. The Kier molecular flexibility index (Phi) is 8.19. The highest BCUT2D eigenvalue weighted by atomic mass is 35.5. The third kappa shape index (κ3) is 5.52. The van der Waals surface area contributed by atoms with Crippen LogP contribution in [0.3, 0.4) is 0 Å². The van der Waals surface area contributed by atoms with Crippen LogP contribution >= 0.6 is 58.5 Å². The van der Waals surface area contributed by atoms with Gasteiger partial charge >= 0.3 is 5.97 Å². The van der Waals surface area contributed by atoms with Crippen LogP contribution in [0.15, 0.2) is 64.1 Å². The Labute approximate surface area is 239 Å². The summed E-state index contributed by atoms with van der Waals surface area (Å²) in [6.45, 7) is 0. The van der Waals surface area contributed by atoms with Crippen molar-refractivity contribution in [2.45, 2.75) is 21.3 Å². The van der Waals surface area contributed by atoms with Gasteiger partial charge in [0.15, 0.2) is 5.65 Å². The monoisotopic (exact) mass is 608 g/mol. The van der Waals surface area contributed by atoms with E-state index in [-0.39, 0.29) is 17.4 Å². The molecule has 2 aliphatic heterocycles. The van der Waals surface area contributed by atoms with Crippen LogP contribution in [0.4, 0.5) is 0 Å². The lowest BCUT2D eigenvalue weighted by molar-refractivity contribution is -0.150. The summed E-state index contributed by atoms with van der Waals surface area (Å²) in [5, 5.41) is 21.4. The van der Waals surface area contributed by atoms with Crippen molar-refractivity contribution in [3.63, 3.8) is 0 Å². The van der Waals surface area contributed by atoms with Crippen molar-refractivity contribution in [2.75, 3.05) is 17.3 Å². The molecule has 1 saturated heterocycles. The summed E-state index contributed by atoms with van der Waals surface area (Å²) in [7, 11) is 0. The van der Waals surface area contributed by atoms with E-state index in [1.54, 1.807) is 30.5 Å². The van der Waals surface area contributed by atoms with Crippen LogP contribution in [0.1, 0.15) is 0 Å². The minimum Gasteiger partial charge on any atom is -0.477 e. The van der Waals surface area contributed by atoms with E-state index in [9.17, 15) is 19.5 Å². The van der Waals surface area contributed by atoms with Crippen molar-refractivity contribution in [1.82, 2.24) is 30.4 Å². The van der Waals surface area contributed by atoms with Crippen LogP contribution in [0.2, 0.25) is 10.0 Å². The van der Waals surface area contributed by atoms with E-state index < -0.39 is 23.3 Å². The number of aromatic amines is 1. The molecule has 2 atom stereocenters. The van der Waals surface area contributed by atoms with Gasteiger partial charge in [0.05, 0.1) is 22.4 Å². The first-order valence-electron chi connectivity index (χ1n) is 11.0. The van der Waals surface area contributed by atoms with Crippen molar-refractivity contribution in [1.29, 1.82) is 0 Å². The van der Waals surface area contributed by atoms with Crippen molar-refractivity contribution in [3.05, 3.63) is 64.2 Å². The van der Waals surface area contributed by atoms with E-state index in [0.29, 0.717) is 37.7 Å². The average molecular weight is 610 g/mol. The average Bonchev–Trinajstić information content (AvgIpc) is 3.39. The number of fused-ring (bicyclic) bond motifs is 2. The maximum Gasteiger partial charge on any atom is 0.352 e. The van der Waals surface area contributed by atoms with Crippen molar-refractivity contribution in [3.8, 4) is 0 Å². The van der Waals surface area contributed by atoms with Crippen molar-refractivity contribution >= 4 is 87.3 Å². The minimum absolute atomic E-state index is 0.0337. The normalized spacial score (nSPS) is 19.1. The first-order valence-corrected chi connectivity index (χ1v) is 14.8. The third-order valence-electron chi connectivity index (χ3n) is 5.62. The first-order chi connectivity index (χ1) is 18.3. The second-order valence-electron chi connectivity index (χ2n) is 8.02. The molecule has 0 bridgehead atoms. The fourth-order valence-electron chi connectivity index (χ4n) is 3.89. The van der Waals surface area contributed by atoms with Crippen molar-refractivity contribution < 1.29 is 19.5 Å². The number of carbonyl (C=O) groups is 3. The summed E-state index contributed by atoms with van der Waals surface area (Å²) >= 11 is 16.2. The standard InChI is InChI=1S/C23H18Cl2N6O4S3/c24-12-3-4-14(25)15(6-12)37-9-16(32)29-17-21(33)31-18(23(34)35)11(8-38-22(17)31)2-1-5-36-20-13-7-28-30-19(13)26-10-27-20/h1-4,6-7,10,17,22H,5,8-9H2,(H,29,32)(H,34,35)(H,26,27,28,30)/b2-1+/t17-,22?/m1/s1. The predicted octanol–water partition coefficient (Wildman–Crippen LogP) is 3.84. The number of allylic oxidation sites excluding steroid dienone is 1. The summed E-state index contributed by atoms with van der Waals surface area (Å²) < 4.78 is 0. The van der Waals surface area contributed by atoms with Crippen LogP contribution in [-0.2, 0) is 14.4 Å². The SMILES string of the molecule is O=C(CSc1cc(Cl)ccc1Cl)N[C@@H]1C(=O)N2C(C(=O)O)=C(/C=C/CSc3ncnc4[nH]ncc34)CSC12. The van der Waals surface area contributed by atoms with E-state index >= 15 is 0 Å². The second kappa shape index (κ2) is 11.6. The quantitative estimate of drug-likeness (QED) is 0.186. The number of carboxylic acid groups (broad SMARTS) is 1. The van der Waals surface area contributed by atoms with Crippen LogP contribution in [0.25, 0.3) is 11.0 Å². The molecule has 0 saturated carbocycles. The molecule has 3 N–H and O–H groups in total. The van der Waals surface area contributed by atoms with Gasteiger partial charge in [-0.2, -0.15) is 5.10 Å². The molecule has 1 unspecified atom stereocenters. The van der Waals surface area contributed by atoms with Crippen molar-refractivity contribution in [2.24, 2.45) is 0 Å². The number of carboxylic acids is 1. The summed E-state index contributed by atoms with van der Waals surface area (Å²) in [4.78, 5) is 47.8. The number of aliphatic carboxylic acids is 1. The fraction of sp³-hybridized carbons (Fsp3) is 0.217. The Balaban J connectivity index is 1.20. The number of β-lactam (4-membered cyclic amide) rings is 1. The van der Waals surface area contributed by atoms with Gasteiger partial charge in [0.1, 0.15) is 28.5 Å². The minimum atomic E-state index is -1.19. The Bertz CT molecular complexity index is 1500. The number of halogens is 2. The first kappa shape index (κ1) is 26.9. The molecule has 0 radical (unpaired) electrons. The molecule has 15 heteroatoms. The van der Waals surface area contributed by atoms with Crippen LogP contribution in [0.5, 0.6) is 0 Å². The number of thioether (sulfide) groups is 3. The molecule has 1 fully saturated rings. The Morgan fingerprint density at radius 2 is 2.13 bits per heavy atom. The molecular weight excluding hydrogens is 591 g/mol. The predicted molar refractivity (Wildman–Crippen MR) is 148 cm³/mol. The van der Waals surface area contributed by atoms with Crippen LogP contribution in [-0.4, -0.2) is 76.6 Å². The Morgan fingerprint density at radius 1 is 1.29 bits per heavy atom. The van der Waals surface area contributed by atoms with Gasteiger partial charge in [-0.05, 0) is 23.8 Å². The maximum atomic E-state index is 12.9. The maximum absolute atomic E-state index is 12.9. The lowest BCUT2D eigenvalue weighted by atomic mass is 10.0. The van der Waals surface area contributed by atoms with Gasteiger partial charge in [-0.25, -0.2) is 14.8 Å². The van der Waals surface area contributed by atoms with Gasteiger partial charge < -0.3 is 10.4 Å². The highest BCUT2D eigenvalue weighted by molar-refractivity contribution is 8.00. The highest BCUT2D eigenvalue weighted by Gasteiger charge is 2.53. The lowest BCUT2D eigenvalue weighted by Gasteiger charge is -2.49. The second-order valence-corrected chi connectivity index (χ2v) is 12.0. The van der Waals surface area contributed by atoms with E-state index in [1.165, 1.54) is 46.5 Å². The summed E-state index contributed by atoms with van der Waals surface area (Å²) in [6.07, 6.45) is 6.66. The number of nitrogens with one attached hydrogen (secondary N) is 2. The van der Waals surface area contributed by atoms with Gasteiger partial charge in [0.25, 0.3) is 5.91 Å². The molecule has 2 aliphatic rings. The van der Waals surface area contributed by atoms with Gasteiger partial charge in [0.2, 0.25) is 5.91 Å². The number of nitrogens with zero attached hydrogens (tertiary/aromatic N) is 4. The van der Waals surface area contributed by atoms with E-state index in [4.69, 9.17) is 23.2 Å². The molecule has 0 aliphatic carbocycles. The van der Waals surface area contributed by atoms with E-state index in [2.05, 4.69) is 25.5 Å². The smallest absolute Gasteiger partial charge is 0.352 e. The van der Waals surface area contributed by atoms with Gasteiger partial charge in [-0.15, -0.1) is 35.3 Å². The molecule has 10 nitrogen and oxygen atoms in total. The van der Waals surface area contributed by atoms with E-state index in [1.807, 2.05) is 6.08 Å². The highest BCUT2D eigenvalue weighted by Crippen LogP contribution is 2.41. The number of benzene rings is 1. The molecule has 196 valence electrons. The summed E-state index contributed by atoms with van der Waals surface area (Å²) in [5.41, 5.74) is 1.10. The van der Waals surface area contributed by atoms with Gasteiger partial charge in [-0.3, -0.25) is 19.6 Å². The summed E-state index contributed by atoms with van der Waals surface area (Å²) in [6, 6.07) is 4.17. The molecule has 0 spiro atoms.